The zero-order valence-corrected chi connectivity index (χ0v) is 10.1. The molecule has 88 valence electrons. The summed E-state index contributed by atoms with van der Waals surface area (Å²) in [5.41, 5.74) is 5.73. The van der Waals surface area contributed by atoms with Gasteiger partial charge in [0.25, 0.3) is 0 Å². The predicted molar refractivity (Wildman–Crippen MR) is 65.8 cm³/mol. The van der Waals surface area contributed by atoms with Crippen LogP contribution in [0.5, 0.6) is 0 Å². The van der Waals surface area contributed by atoms with E-state index in [4.69, 9.17) is 5.73 Å². The zero-order chi connectivity index (χ0) is 11.9. The third kappa shape index (κ3) is 1.64. The molecular weight excluding hydrogens is 204 g/mol. The highest BCUT2D eigenvalue weighted by Gasteiger charge is 2.41. The van der Waals surface area contributed by atoms with Crippen molar-refractivity contribution >= 4 is 18.1 Å². The lowest BCUT2D eigenvalue weighted by Crippen LogP contribution is -2.61. The Bertz CT molecular complexity index is 375. The lowest BCUT2D eigenvalue weighted by atomic mass is 10.0. The van der Waals surface area contributed by atoms with Crippen molar-refractivity contribution in [3.05, 3.63) is 0 Å². The fourth-order valence-corrected chi connectivity index (χ4v) is 1.95. The van der Waals surface area contributed by atoms with E-state index in [2.05, 4.69) is 46.0 Å². The number of aliphatic imine (C=N–C) groups is 3. The first kappa shape index (κ1) is 10.9. The Balaban J connectivity index is 2.31. The molecule has 2 rings (SSSR count). The van der Waals surface area contributed by atoms with Gasteiger partial charge >= 0.3 is 0 Å². The highest BCUT2D eigenvalue weighted by molar-refractivity contribution is 6.02. The lowest BCUT2D eigenvalue weighted by Gasteiger charge is -2.39. The smallest absolute Gasteiger partial charge is 0.196 e. The minimum Gasteiger partial charge on any atom is -0.370 e. The molecule has 0 spiro atoms. The predicted octanol–water partition coefficient (Wildman–Crippen LogP) is -0.230. The van der Waals surface area contributed by atoms with Gasteiger partial charge in [0.15, 0.2) is 11.8 Å². The molecule has 0 aliphatic carbocycles. The van der Waals surface area contributed by atoms with Gasteiger partial charge in [-0.1, -0.05) is 0 Å². The van der Waals surface area contributed by atoms with Crippen molar-refractivity contribution in [2.75, 3.05) is 7.05 Å². The Hall–Kier alpha value is -1.59. The largest absolute Gasteiger partial charge is 0.370 e. The van der Waals surface area contributed by atoms with Crippen LogP contribution in [-0.4, -0.2) is 47.8 Å². The van der Waals surface area contributed by atoms with Gasteiger partial charge < -0.3 is 16.0 Å². The van der Waals surface area contributed by atoms with Gasteiger partial charge in [0.2, 0.25) is 0 Å². The van der Waals surface area contributed by atoms with Crippen LogP contribution in [0, 0.1) is 0 Å². The quantitative estimate of drug-likeness (QED) is 0.594. The summed E-state index contributed by atoms with van der Waals surface area (Å²) in [7, 11) is 1.71. The second-order valence-corrected chi connectivity index (χ2v) is 4.96. The number of amidine groups is 1. The van der Waals surface area contributed by atoms with Gasteiger partial charge in [-0.2, -0.15) is 4.99 Å². The number of guanidine groups is 1. The molecule has 6 heteroatoms. The van der Waals surface area contributed by atoms with Gasteiger partial charge in [-0.3, -0.25) is 9.98 Å². The molecule has 0 saturated carbocycles. The van der Waals surface area contributed by atoms with Crippen molar-refractivity contribution in [2.24, 2.45) is 20.7 Å². The van der Waals surface area contributed by atoms with E-state index in [-0.39, 0.29) is 17.7 Å². The third-order valence-electron chi connectivity index (χ3n) is 2.75. The first-order chi connectivity index (χ1) is 7.43. The van der Waals surface area contributed by atoms with E-state index in [1.807, 2.05) is 6.34 Å². The average Bonchev–Trinajstić information content (AvgIpc) is 2.58. The van der Waals surface area contributed by atoms with Gasteiger partial charge in [0.1, 0.15) is 12.2 Å². The van der Waals surface area contributed by atoms with Crippen LogP contribution in [0.25, 0.3) is 0 Å². The van der Waals surface area contributed by atoms with Crippen molar-refractivity contribution in [2.45, 2.75) is 38.5 Å². The summed E-state index contributed by atoms with van der Waals surface area (Å²) in [6, 6.07) is -0.0588. The summed E-state index contributed by atoms with van der Waals surface area (Å²) in [6.07, 6.45) is 1.87. The van der Waals surface area contributed by atoms with Crippen LogP contribution in [0.4, 0.5) is 0 Å². The van der Waals surface area contributed by atoms with E-state index in [0.29, 0.717) is 11.8 Å². The molecule has 2 unspecified atom stereocenters. The maximum atomic E-state index is 5.74. The number of fused-ring (bicyclic) bond motifs is 1. The van der Waals surface area contributed by atoms with Gasteiger partial charge in [-0.05, 0) is 20.8 Å². The summed E-state index contributed by atoms with van der Waals surface area (Å²) in [5.74, 6) is 1.09. The molecule has 0 aromatic carbocycles. The maximum Gasteiger partial charge on any atom is 0.196 e. The monoisotopic (exact) mass is 222 g/mol. The molecule has 0 aromatic heterocycles. The Morgan fingerprint density at radius 3 is 2.75 bits per heavy atom. The molecule has 16 heavy (non-hydrogen) atoms. The van der Waals surface area contributed by atoms with Gasteiger partial charge in [-0.15, -0.1) is 0 Å². The number of nitrogens with one attached hydrogen (secondary N) is 1. The third-order valence-corrected chi connectivity index (χ3v) is 2.75. The number of hydrogen-bond acceptors (Lipinski definition) is 5. The average molecular weight is 222 g/mol. The summed E-state index contributed by atoms with van der Waals surface area (Å²) < 4.78 is 0. The van der Waals surface area contributed by atoms with E-state index < -0.39 is 0 Å². The Labute approximate surface area is 95.3 Å². The fraction of sp³-hybridized carbons (Fsp3) is 0.700. The SMILES string of the molecule is CN=C1N=C(N)NC2C1N=CN2C(C)(C)C. The minimum absolute atomic E-state index is 0.00755. The van der Waals surface area contributed by atoms with Crippen molar-refractivity contribution in [1.82, 2.24) is 10.2 Å². The molecular formula is C10H18N6. The maximum absolute atomic E-state index is 5.74. The molecule has 3 N–H and O–H groups in total. The molecule has 2 atom stereocenters. The highest BCUT2D eigenvalue weighted by atomic mass is 15.4. The van der Waals surface area contributed by atoms with Crippen LogP contribution in [0.2, 0.25) is 0 Å². The number of nitrogens with zero attached hydrogens (tertiary/aromatic N) is 4. The van der Waals surface area contributed by atoms with Crippen LogP contribution in [0.1, 0.15) is 20.8 Å². The number of hydrogen-bond donors (Lipinski definition) is 2. The molecule has 0 radical (unpaired) electrons. The van der Waals surface area contributed by atoms with Crippen molar-refractivity contribution in [3.63, 3.8) is 0 Å². The molecule has 0 bridgehead atoms. The van der Waals surface area contributed by atoms with Crippen LogP contribution >= 0.6 is 0 Å². The van der Waals surface area contributed by atoms with Crippen molar-refractivity contribution < 1.29 is 0 Å². The van der Waals surface area contributed by atoms with Gasteiger partial charge in [0.05, 0.1) is 6.34 Å². The number of nitrogens with two attached hydrogens (primary N) is 1. The Morgan fingerprint density at radius 2 is 2.19 bits per heavy atom. The lowest BCUT2D eigenvalue weighted by molar-refractivity contribution is 0.180. The van der Waals surface area contributed by atoms with Crippen LogP contribution < -0.4 is 11.1 Å². The molecule has 2 aliphatic rings. The minimum atomic E-state index is -0.0588. The molecule has 0 amide bonds. The molecule has 0 saturated heterocycles. The van der Waals surface area contributed by atoms with Crippen LogP contribution in [0.15, 0.2) is 15.0 Å². The van der Waals surface area contributed by atoms with Crippen molar-refractivity contribution in [3.8, 4) is 0 Å². The first-order valence-electron chi connectivity index (χ1n) is 5.32. The van der Waals surface area contributed by atoms with Gasteiger partial charge in [0, 0.05) is 12.6 Å². The summed E-state index contributed by atoms with van der Waals surface area (Å²) >= 11 is 0. The summed E-state index contributed by atoms with van der Waals surface area (Å²) in [4.78, 5) is 14.9. The fourth-order valence-electron chi connectivity index (χ4n) is 1.95. The van der Waals surface area contributed by atoms with E-state index >= 15 is 0 Å². The van der Waals surface area contributed by atoms with Crippen molar-refractivity contribution in [1.29, 1.82) is 0 Å². The van der Waals surface area contributed by atoms with E-state index in [1.165, 1.54) is 0 Å². The Kier molecular flexibility index (Phi) is 2.36. The summed E-state index contributed by atoms with van der Waals surface area (Å²) in [6.45, 7) is 6.40. The second kappa shape index (κ2) is 3.47. The number of rotatable bonds is 0. The topological polar surface area (TPSA) is 78.4 Å². The molecule has 2 heterocycles. The second-order valence-electron chi connectivity index (χ2n) is 4.96. The van der Waals surface area contributed by atoms with Gasteiger partial charge in [-0.25, -0.2) is 0 Å². The van der Waals surface area contributed by atoms with Crippen LogP contribution in [0.3, 0.4) is 0 Å². The molecule has 2 aliphatic heterocycles. The summed E-state index contributed by atoms with van der Waals surface area (Å²) in [5, 5.41) is 3.15. The molecule has 0 aromatic rings. The molecule has 6 nitrogen and oxygen atoms in total. The first-order valence-corrected chi connectivity index (χ1v) is 5.32. The zero-order valence-electron chi connectivity index (χ0n) is 10.1. The van der Waals surface area contributed by atoms with E-state index in [9.17, 15) is 0 Å². The highest BCUT2D eigenvalue weighted by Crippen LogP contribution is 2.24. The Morgan fingerprint density at radius 1 is 1.50 bits per heavy atom. The van der Waals surface area contributed by atoms with E-state index in [0.717, 1.165) is 0 Å². The standard InChI is InChI=1S/C10H18N6/c1-10(2,3)16-5-13-6-7(12-4)14-9(11)15-8(6)16/h5-6,8H,1-4H3,(H3,11,12,14,15). The molecule has 0 fully saturated rings. The normalized spacial score (nSPS) is 31.4. The van der Waals surface area contributed by atoms with E-state index in [1.54, 1.807) is 7.05 Å². The van der Waals surface area contributed by atoms with Crippen LogP contribution in [-0.2, 0) is 0 Å².